The number of aromatic nitrogens is 2. The fourth-order valence-electron chi connectivity index (χ4n) is 2.49. The number of likely N-dealkylation sites (N-methyl/N-ethyl adjacent to an activating group) is 1. The largest absolute Gasteiger partial charge is 0.384 e. The first-order chi connectivity index (χ1) is 9.22. The van der Waals surface area contributed by atoms with Crippen LogP contribution in [-0.4, -0.2) is 35.7 Å². The zero-order valence-electron chi connectivity index (χ0n) is 11.9. The van der Waals surface area contributed by atoms with Crippen LogP contribution < -0.4 is 5.32 Å². The van der Waals surface area contributed by atoms with Gasteiger partial charge in [-0.2, -0.15) is 0 Å². The topological polar surface area (TPSA) is 38.6 Å². The second-order valence-corrected chi connectivity index (χ2v) is 5.95. The van der Waals surface area contributed by atoms with Crippen molar-refractivity contribution in [2.75, 3.05) is 20.3 Å². The molecular formula is C14H23N3OS. The molecule has 4 nitrogen and oxygen atoms in total. The van der Waals surface area contributed by atoms with Gasteiger partial charge in [0.1, 0.15) is 0 Å². The Morgan fingerprint density at radius 3 is 3.05 bits per heavy atom. The number of thiazole rings is 1. The quantitative estimate of drug-likeness (QED) is 0.808. The van der Waals surface area contributed by atoms with Crippen molar-refractivity contribution in [2.24, 2.45) is 5.92 Å². The number of rotatable bonds is 8. The lowest BCUT2D eigenvalue weighted by molar-refractivity contribution is 0.149. The number of imidazole rings is 1. The van der Waals surface area contributed by atoms with Crippen molar-refractivity contribution < 1.29 is 4.74 Å². The lowest BCUT2D eigenvalue weighted by atomic mass is 9.99. The normalized spacial score (nSPS) is 14.9. The number of hydrogen-bond acceptors (Lipinski definition) is 4. The number of nitrogens with one attached hydrogen (secondary N) is 1. The van der Waals surface area contributed by atoms with E-state index < -0.39 is 0 Å². The van der Waals surface area contributed by atoms with Gasteiger partial charge in [-0.25, -0.2) is 4.98 Å². The first-order valence-electron chi connectivity index (χ1n) is 6.86. The Hall–Kier alpha value is -0.910. The van der Waals surface area contributed by atoms with Gasteiger partial charge in [0.15, 0.2) is 4.96 Å². The monoisotopic (exact) mass is 281 g/mol. The molecule has 0 aliphatic rings. The van der Waals surface area contributed by atoms with Crippen LogP contribution in [0.15, 0.2) is 17.8 Å². The second kappa shape index (κ2) is 7.03. The summed E-state index contributed by atoms with van der Waals surface area (Å²) < 4.78 is 7.32. The molecule has 0 bridgehead atoms. The van der Waals surface area contributed by atoms with E-state index in [1.165, 1.54) is 5.69 Å². The van der Waals surface area contributed by atoms with E-state index in [-0.39, 0.29) is 0 Å². The molecule has 19 heavy (non-hydrogen) atoms. The first kappa shape index (κ1) is 14.5. The predicted molar refractivity (Wildman–Crippen MR) is 79.9 cm³/mol. The molecule has 2 atom stereocenters. The van der Waals surface area contributed by atoms with Crippen molar-refractivity contribution in [3.8, 4) is 0 Å². The molecule has 2 aromatic heterocycles. The van der Waals surface area contributed by atoms with Crippen LogP contribution >= 0.6 is 11.3 Å². The van der Waals surface area contributed by atoms with Gasteiger partial charge in [-0.1, -0.05) is 13.8 Å². The minimum absolute atomic E-state index is 0.472. The van der Waals surface area contributed by atoms with E-state index in [0.717, 1.165) is 31.0 Å². The van der Waals surface area contributed by atoms with Gasteiger partial charge in [-0.3, -0.25) is 4.40 Å². The molecule has 0 fully saturated rings. The number of hydrogen-bond donors (Lipinski definition) is 1. The van der Waals surface area contributed by atoms with Gasteiger partial charge in [0, 0.05) is 44.0 Å². The van der Waals surface area contributed by atoms with Crippen molar-refractivity contribution in [2.45, 2.75) is 32.7 Å². The van der Waals surface area contributed by atoms with Gasteiger partial charge < -0.3 is 10.1 Å². The van der Waals surface area contributed by atoms with Crippen LogP contribution in [0.4, 0.5) is 0 Å². The summed E-state index contributed by atoms with van der Waals surface area (Å²) in [6.45, 7) is 6.20. The van der Waals surface area contributed by atoms with Crippen LogP contribution in [0.5, 0.6) is 0 Å². The second-order valence-electron chi connectivity index (χ2n) is 5.08. The van der Waals surface area contributed by atoms with Crippen molar-refractivity contribution in [3.63, 3.8) is 0 Å². The molecule has 2 unspecified atom stereocenters. The Balaban J connectivity index is 1.97. The van der Waals surface area contributed by atoms with E-state index in [2.05, 4.69) is 46.3 Å². The number of methoxy groups -OCH3 is 1. The fourth-order valence-corrected chi connectivity index (χ4v) is 3.21. The number of fused-ring (bicyclic) bond motifs is 1. The maximum absolute atomic E-state index is 5.22. The minimum Gasteiger partial charge on any atom is -0.384 e. The summed E-state index contributed by atoms with van der Waals surface area (Å²) in [6, 6.07) is 0.472. The zero-order chi connectivity index (χ0) is 13.7. The van der Waals surface area contributed by atoms with Crippen LogP contribution in [0, 0.1) is 5.92 Å². The van der Waals surface area contributed by atoms with E-state index in [4.69, 9.17) is 4.74 Å². The summed E-state index contributed by atoms with van der Waals surface area (Å²) in [5, 5.41) is 5.62. The van der Waals surface area contributed by atoms with Crippen molar-refractivity contribution >= 4 is 16.3 Å². The van der Waals surface area contributed by atoms with Gasteiger partial charge in [0.2, 0.25) is 0 Å². The Labute approximate surface area is 118 Å². The molecule has 5 heteroatoms. The SMILES string of the molecule is CCNC(Cc1cn2ccsc2n1)CC(C)COC. The molecule has 0 saturated heterocycles. The molecular weight excluding hydrogens is 258 g/mol. The summed E-state index contributed by atoms with van der Waals surface area (Å²) in [4.78, 5) is 5.74. The highest BCUT2D eigenvalue weighted by Gasteiger charge is 2.15. The highest BCUT2D eigenvalue weighted by Crippen LogP contribution is 2.15. The van der Waals surface area contributed by atoms with Gasteiger partial charge in [0.25, 0.3) is 0 Å². The molecule has 106 valence electrons. The van der Waals surface area contributed by atoms with Crippen LogP contribution in [0.1, 0.15) is 26.0 Å². The van der Waals surface area contributed by atoms with Crippen molar-refractivity contribution in [1.82, 2.24) is 14.7 Å². The van der Waals surface area contributed by atoms with Crippen molar-refractivity contribution in [3.05, 3.63) is 23.5 Å². The molecule has 0 aromatic carbocycles. The van der Waals surface area contributed by atoms with Crippen LogP contribution in [0.25, 0.3) is 4.96 Å². The zero-order valence-corrected chi connectivity index (χ0v) is 12.7. The van der Waals surface area contributed by atoms with Crippen molar-refractivity contribution in [1.29, 1.82) is 0 Å². The van der Waals surface area contributed by atoms with E-state index in [0.29, 0.717) is 12.0 Å². The van der Waals surface area contributed by atoms with E-state index >= 15 is 0 Å². The van der Waals surface area contributed by atoms with Crippen LogP contribution in [-0.2, 0) is 11.2 Å². The number of nitrogens with zero attached hydrogens (tertiary/aromatic N) is 2. The smallest absolute Gasteiger partial charge is 0.193 e. The Morgan fingerprint density at radius 1 is 1.53 bits per heavy atom. The summed E-state index contributed by atoms with van der Waals surface area (Å²) in [7, 11) is 1.77. The molecule has 0 aliphatic heterocycles. The molecule has 0 aliphatic carbocycles. The molecule has 0 saturated carbocycles. The average molecular weight is 281 g/mol. The Bertz CT molecular complexity index is 465. The maximum Gasteiger partial charge on any atom is 0.193 e. The third kappa shape index (κ3) is 4.03. The van der Waals surface area contributed by atoms with Gasteiger partial charge >= 0.3 is 0 Å². The molecule has 0 amide bonds. The molecule has 2 heterocycles. The van der Waals surface area contributed by atoms with Gasteiger partial charge in [-0.05, 0) is 18.9 Å². The summed E-state index contributed by atoms with van der Waals surface area (Å²) in [5.74, 6) is 0.567. The summed E-state index contributed by atoms with van der Waals surface area (Å²) >= 11 is 1.68. The van der Waals surface area contributed by atoms with E-state index in [9.17, 15) is 0 Å². The molecule has 1 N–H and O–H groups in total. The third-order valence-electron chi connectivity index (χ3n) is 3.23. The fraction of sp³-hybridized carbons (Fsp3) is 0.643. The van der Waals surface area contributed by atoms with Crippen LogP contribution in [0.3, 0.4) is 0 Å². The van der Waals surface area contributed by atoms with Crippen LogP contribution in [0.2, 0.25) is 0 Å². The Morgan fingerprint density at radius 2 is 2.37 bits per heavy atom. The average Bonchev–Trinajstić information content (AvgIpc) is 2.90. The highest BCUT2D eigenvalue weighted by molar-refractivity contribution is 7.15. The van der Waals surface area contributed by atoms with Gasteiger partial charge in [-0.15, -0.1) is 11.3 Å². The predicted octanol–water partition coefficient (Wildman–Crippen LogP) is 2.59. The summed E-state index contributed by atoms with van der Waals surface area (Å²) in [5.41, 5.74) is 1.17. The highest BCUT2D eigenvalue weighted by atomic mass is 32.1. The lowest BCUT2D eigenvalue weighted by Gasteiger charge is -2.20. The molecule has 2 aromatic rings. The summed E-state index contributed by atoms with van der Waals surface area (Å²) in [6.07, 6.45) is 6.30. The molecule has 2 rings (SSSR count). The third-order valence-corrected chi connectivity index (χ3v) is 4.00. The lowest BCUT2D eigenvalue weighted by Crippen LogP contribution is -2.33. The number of ether oxygens (including phenoxy) is 1. The van der Waals surface area contributed by atoms with E-state index in [1.54, 1.807) is 18.4 Å². The van der Waals surface area contributed by atoms with Gasteiger partial charge in [0.05, 0.1) is 5.69 Å². The standard InChI is InChI=1S/C14H23N3OS/c1-4-15-12(7-11(2)10-18-3)8-13-9-17-5-6-19-14(17)16-13/h5-6,9,11-12,15H,4,7-8,10H2,1-3H3. The minimum atomic E-state index is 0.472. The maximum atomic E-state index is 5.22. The first-order valence-corrected chi connectivity index (χ1v) is 7.74. The van der Waals surface area contributed by atoms with E-state index in [1.807, 2.05) is 0 Å². The molecule has 0 radical (unpaired) electrons. The Kier molecular flexibility index (Phi) is 5.36. The molecule has 0 spiro atoms.